The number of benzene rings is 2. The van der Waals surface area contributed by atoms with Crippen molar-refractivity contribution in [2.24, 2.45) is 0 Å². The van der Waals surface area contributed by atoms with Gasteiger partial charge in [0.05, 0.1) is 0 Å². The summed E-state index contributed by atoms with van der Waals surface area (Å²) in [6.07, 6.45) is -11.0. The van der Waals surface area contributed by atoms with E-state index in [1.165, 1.54) is 29.6 Å². The molecule has 3 nitrogen and oxygen atoms in total. The summed E-state index contributed by atoms with van der Waals surface area (Å²) in [7, 11) is 0. The van der Waals surface area contributed by atoms with Crippen LogP contribution in [0.25, 0.3) is 0 Å². The third-order valence-corrected chi connectivity index (χ3v) is 2.90. The lowest BCUT2D eigenvalue weighted by Gasteiger charge is -2.16. The number of aliphatic hydroxyl groups is 1. The Labute approximate surface area is 132 Å². The third kappa shape index (κ3) is 5.34. The SMILES string of the molecule is OC(c1cccc(NC(F)(F)F)c1)c1cccc(OC(F)(F)F)c1. The lowest BCUT2D eigenvalue weighted by Crippen LogP contribution is -2.20. The Morgan fingerprint density at radius 2 is 1.46 bits per heavy atom. The van der Waals surface area contributed by atoms with Crippen LogP contribution in [0.4, 0.5) is 32.0 Å². The van der Waals surface area contributed by atoms with E-state index in [0.717, 1.165) is 24.3 Å². The van der Waals surface area contributed by atoms with Crippen LogP contribution in [0.2, 0.25) is 0 Å². The van der Waals surface area contributed by atoms with E-state index in [1.807, 2.05) is 0 Å². The summed E-state index contributed by atoms with van der Waals surface area (Å²) in [5.41, 5.74) is -0.184. The number of aliphatic hydroxyl groups excluding tert-OH is 1. The molecule has 0 aliphatic carbocycles. The van der Waals surface area contributed by atoms with Gasteiger partial charge in [-0.25, -0.2) is 0 Å². The Kier molecular flexibility index (Phi) is 4.93. The zero-order valence-electron chi connectivity index (χ0n) is 11.8. The summed E-state index contributed by atoms with van der Waals surface area (Å²) in [5.74, 6) is -0.538. The molecule has 0 spiro atoms. The van der Waals surface area contributed by atoms with Gasteiger partial charge in [-0.15, -0.1) is 13.2 Å². The predicted octanol–water partition coefficient (Wildman–Crippen LogP) is 4.60. The molecule has 0 fully saturated rings. The lowest BCUT2D eigenvalue weighted by atomic mass is 10.0. The van der Waals surface area contributed by atoms with Crippen molar-refractivity contribution < 1.29 is 36.2 Å². The number of nitrogens with one attached hydrogen (secondary N) is 1. The first-order valence-corrected chi connectivity index (χ1v) is 6.52. The fourth-order valence-electron chi connectivity index (χ4n) is 2.02. The molecule has 2 N–H and O–H groups in total. The molecule has 0 bridgehead atoms. The number of anilines is 1. The first kappa shape index (κ1) is 17.9. The summed E-state index contributed by atoms with van der Waals surface area (Å²) in [5, 5.41) is 11.5. The van der Waals surface area contributed by atoms with Crippen LogP contribution in [0.15, 0.2) is 48.5 Å². The second-order valence-electron chi connectivity index (χ2n) is 4.77. The molecular weight excluding hydrogens is 340 g/mol. The van der Waals surface area contributed by atoms with Gasteiger partial charge in [0.15, 0.2) is 0 Å². The lowest BCUT2D eigenvalue weighted by molar-refractivity contribution is -0.274. The summed E-state index contributed by atoms with van der Waals surface area (Å²) in [6.45, 7) is 0. The van der Waals surface area contributed by atoms with Crippen LogP contribution < -0.4 is 10.1 Å². The highest BCUT2D eigenvalue weighted by atomic mass is 19.4. The van der Waals surface area contributed by atoms with Crippen LogP contribution in [-0.4, -0.2) is 17.8 Å². The molecule has 24 heavy (non-hydrogen) atoms. The summed E-state index contributed by atoms with van der Waals surface area (Å²) in [4.78, 5) is 0. The fraction of sp³-hybridized carbons (Fsp3) is 0.200. The van der Waals surface area contributed by atoms with Crippen molar-refractivity contribution in [1.29, 1.82) is 0 Å². The molecule has 2 rings (SSSR count). The van der Waals surface area contributed by atoms with Gasteiger partial charge in [0, 0.05) is 5.69 Å². The van der Waals surface area contributed by atoms with Crippen molar-refractivity contribution in [1.82, 2.24) is 0 Å². The first-order chi connectivity index (χ1) is 11.0. The Morgan fingerprint density at radius 3 is 2.04 bits per heavy atom. The molecule has 0 radical (unpaired) electrons. The minimum absolute atomic E-state index is 0.0425. The Hall–Kier alpha value is -2.42. The average molecular weight is 351 g/mol. The zero-order chi connectivity index (χ0) is 18.0. The molecule has 0 saturated heterocycles. The first-order valence-electron chi connectivity index (χ1n) is 6.52. The number of hydrogen-bond donors (Lipinski definition) is 2. The van der Waals surface area contributed by atoms with Crippen LogP contribution in [-0.2, 0) is 0 Å². The summed E-state index contributed by atoms with van der Waals surface area (Å²) < 4.78 is 77.3. The van der Waals surface area contributed by atoms with Crippen molar-refractivity contribution in [3.05, 3.63) is 59.7 Å². The second kappa shape index (κ2) is 6.60. The molecule has 0 amide bonds. The van der Waals surface area contributed by atoms with Crippen LogP contribution in [0, 0.1) is 0 Å². The highest BCUT2D eigenvalue weighted by Crippen LogP contribution is 2.30. The smallest absolute Gasteiger partial charge is 0.406 e. The number of rotatable bonds is 4. The molecule has 0 heterocycles. The summed E-state index contributed by atoms with van der Waals surface area (Å²) >= 11 is 0. The topological polar surface area (TPSA) is 41.5 Å². The monoisotopic (exact) mass is 351 g/mol. The molecule has 1 atom stereocenters. The number of halogens is 6. The summed E-state index contributed by atoms with van der Waals surface area (Å²) in [6, 6.07) is 9.40. The molecular formula is C15H11F6NO2. The standard InChI is InChI=1S/C15H11F6NO2/c16-14(17,18)22-11-5-1-3-9(7-11)13(23)10-4-2-6-12(8-10)24-15(19,20)21/h1-8,13,22-23H. The molecule has 0 aliphatic heterocycles. The molecule has 1 unspecified atom stereocenters. The largest absolute Gasteiger partial charge is 0.573 e. The molecule has 9 heteroatoms. The highest BCUT2D eigenvalue weighted by Gasteiger charge is 2.31. The molecule has 2 aromatic carbocycles. The van der Waals surface area contributed by atoms with Crippen LogP contribution >= 0.6 is 0 Å². The van der Waals surface area contributed by atoms with Crippen molar-refractivity contribution >= 4 is 5.69 Å². The van der Waals surface area contributed by atoms with E-state index in [-0.39, 0.29) is 16.8 Å². The van der Waals surface area contributed by atoms with Crippen molar-refractivity contribution in [2.45, 2.75) is 18.8 Å². The van der Waals surface area contributed by atoms with E-state index < -0.39 is 24.5 Å². The van der Waals surface area contributed by atoms with E-state index in [9.17, 15) is 31.4 Å². The van der Waals surface area contributed by atoms with Gasteiger partial charge in [0.2, 0.25) is 0 Å². The van der Waals surface area contributed by atoms with Gasteiger partial charge < -0.3 is 9.84 Å². The van der Waals surface area contributed by atoms with Gasteiger partial charge in [-0.3, -0.25) is 5.32 Å². The van der Waals surface area contributed by atoms with Crippen LogP contribution in [0.3, 0.4) is 0 Å². The number of hydrogen-bond acceptors (Lipinski definition) is 3. The number of ether oxygens (including phenoxy) is 1. The van der Waals surface area contributed by atoms with Crippen molar-refractivity contribution in [3.8, 4) is 5.75 Å². The quantitative estimate of drug-likeness (QED) is 0.625. The molecule has 0 aliphatic rings. The van der Waals surface area contributed by atoms with Gasteiger partial charge in [-0.05, 0) is 35.4 Å². The Bertz CT molecular complexity index is 639. The minimum atomic E-state index is -4.89. The fourth-order valence-corrected chi connectivity index (χ4v) is 2.02. The Morgan fingerprint density at radius 1 is 0.875 bits per heavy atom. The van der Waals surface area contributed by atoms with Gasteiger partial charge in [-0.1, -0.05) is 24.3 Å². The van der Waals surface area contributed by atoms with E-state index in [1.54, 1.807) is 0 Å². The van der Waals surface area contributed by atoms with Gasteiger partial charge in [-0.2, -0.15) is 13.2 Å². The average Bonchev–Trinajstić information content (AvgIpc) is 2.43. The maximum Gasteiger partial charge on any atom is 0.573 e. The van der Waals surface area contributed by atoms with Gasteiger partial charge in [0.25, 0.3) is 0 Å². The molecule has 0 aromatic heterocycles. The van der Waals surface area contributed by atoms with E-state index in [4.69, 9.17) is 0 Å². The van der Waals surface area contributed by atoms with E-state index in [0.29, 0.717) is 0 Å². The van der Waals surface area contributed by atoms with Crippen LogP contribution in [0.5, 0.6) is 5.75 Å². The normalized spacial score (nSPS) is 13.5. The zero-order valence-corrected chi connectivity index (χ0v) is 11.8. The van der Waals surface area contributed by atoms with Crippen molar-refractivity contribution in [2.75, 3.05) is 5.32 Å². The number of alkyl halides is 6. The highest BCUT2D eigenvalue weighted by molar-refractivity contribution is 5.48. The third-order valence-electron chi connectivity index (χ3n) is 2.90. The van der Waals surface area contributed by atoms with E-state index >= 15 is 0 Å². The van der Waals surface area contributed by atoms with Crippen molar-refractivity contribution in [3.63, 3.8) is 0 Å². The molecule has 2 aromatic rings. The molecule has 130 valence electrons. The minimum Gasteiger partial charge on any atom is -0.406 e. The molecule has 0 saturated carbocycles. The Balaban J connectivity index is 2.24. The van der Waals surface area contributed by atoms with E-state index in [2.05, 4.69) is 4.74 Å². The van der Waals surface area contributed by atoms with Gasteiger partial charge >= 0.3 is 12.7 Å². The predicted molar refractivity (Wildman–Crippen MR) is 73.3 cm³/mol. The van der Waals surface area contributed by atoms with Gasteiger partial charge in [0.1, 0.15) is 11.9 Å². The maximum absolute atomic E-state index is 12.3. The van der Waals surface area contributed by atoms with Crippen LogP contribution in [0.1, 0.15) is 17.2 Å². The second-order valence-corrected chi connectivity index (χ2v) is 4.77. The maximum atomic E-state index is 12.3.